The molecular weight excluding hydrogens is 448 g/mol. The lowest BCUT2D eigenvalue weighted by molar-refractivity contribution is -0.0388. The van der Waals surface area contributed by atoms with E-state index in [9.17, 15) is 9.59 Å². The van der Waals surface area contributed by atoms with Crippen molar-refractivity contribution in [3.8, 4) is 0 Å². The van der Waals surface area contributed by atoms with Crippen LogP contribution in [0.3, 0.4) is 0 Å². The molecule has 2 unspecified atom stereocenters. The molecule has 0 N–H and O–H groups in total. The highest BCUT2D eigenvalue weighted by Gasteiger charge is 2.32. The first-order valence-electron chi connectivity index (χ1n) is 11.6. The molecule has 0 fully saturated rings. The standard InChI is InChI=1S/C32H26O4/c1-3-23-15-19-27(20-16-23)31(33)35-29(25-11-7-5-8-12-25)30(26-13-9-6-10-14-26)36-32(34)28-21-17-24(4-2)18-22-28/h3-22,29-30H,1-2H2. The fourth-order valence-corrected chi connectivity index (χ4v) is 3.77. The predicted octanol–water partition coefficient (Wildman–Crippen LogP) is 7.47. The maximum Gasteiger partial charge on any atom is 0.338 e. The minimum atomic E-state index is -0.878. The van der Waals surface area contributed by atoms with Crippen LogP contribution in [0.4, 0.5) is 0 Å². The molecule has 4 heteroatoms. The number of carbonyl (C=O) groups excluding carboxylic acids is 2. The van der Waals surface area contributed by atoms with Gasteiger partial charge in [0.25, 0.3) is 0 Å². The summed E-state index contributed by atoms with van der Waals surface area (Å²) in [5.74, 6) is -1.04. The van der Waals surface area contributed by atoms with Gasteiger partial charge in [-0.1, -0.05) is 110 Å². The zero-order valence-electron chi connectivity index (χ0n) is 19.7. The van der Waals surface area contributed by atoms with Crippen molar-refractivity contribution in [2.24, 2.45) is 0 Å². The van der Waals surface area contributed by atoms with Crippen LogP contribution in [0.5, 0.6) is 0 Å². The number of hydrogen-bond donors (Lipinski definition) is 0. The third-order valence-electron chi connectivity index (χ3n) is 5.76. The van der Waals surface area contributed by atoms with Crippen LogP contribution in [0.1, 0.15) is 55.2 Å². The number of rotatable bonds is 9. The first kappa shape index (κ1) is 24.4. The highest BCUT2D eigenvalue weighted by molar-refractivity contribution is 5.91. The topological polar surface area (TPSA) is 52.6 Å². The Kier molecular flexibility index (Phi) is 7.89. The number of hydrogen-bond acceptors (Lipinski definition) is 4. The molecule has 0 amide bonds. The van der Waals surface area contributed by atoms with Gasteiger partial charge < -0.3 is 9.47 Å². The molecule has 178 valence electrons. The third-order valence-corrected chi connectivity index (χ3v) is 5.76. The zero-order valence-corrected chi connectivity index (χ0v) is 19.7. The second kappa shape index (κ2) is 11.6. The van der Waals surface area contributed by atoms with Crippen LogP contribution in [0.15, 0.2) is 122 Å². The second-order valence-electron chi connectivity index (χ2n) is 8.13. The van der Waals surface area contributed by atoms with Gasteiger partial charge in [0.1, 0.15) is 0 Å². The summed E-state index contributed by atoms with van der Waals surface area (Å²) in [5, 5.41) is 0. The number of ether oxygens (including phenoxy) is 2. The predicted molar refractivity (Wildman–Crippen MR) is 142 cm³/mol. The minimum absolute atomic E-state index is 0.389. The molecule has 0 spiro atoms. The van der Waals surface area contributed by atoms with E-state index in [1.54, 1.807) is 60.7 Å². The molecule has 0 saturated heterocycles. The summed E-state index contributed by atoms with van der Waals surface area (Å²) < 4.78 is 12.1. The van der Waals surface area contributed by atoms with Crippen molar-refractivity contribution < 1.29 is 19.1 Å². The van der Waals surface area contributed by atoms with Gasteiger partial charge >= 0.3 is 11.9 Å². The van der Waals surface area contributed by atoms with E-state index in [0.29, 0.717) is 22.3 Å². The lowest BCUT2D eigenvalue weighted by atomic mass is 9.97. The molecule has 0 heterocycles. The highest BCUT2D eigenvalue weighted by atomic mass is 16.6. The van der Waals surface area contributed by atoms with Crippen molar-refractivity contribution in [1.29, 1.82) is 0 Å². The van der Waals surface area contributed by atoms with E-state index in [0.717, 1.165) is 11.1 Å². The van der Waals surface area contributed by atoms with E-state index in [-0.39, 0.29) is 0 Å². The Morgan fingerprint density at radius 2 is 0.861 bits per heavy atom. The van der Waals surface area contributed by atoms with Crippen LogP contribution in [-0.2, 0) is 9.47 Å². The molecular formula is C32H26O4. The van der Waals surface area contributed by atoms with E-state index in [2.05, 4.69) is 13.2 Å². The summed E-state index contributed by atoms with van der Waals surface area (Å²) in [4.78, 5) is 26.4. The van der Waals surface area contributed by atoms with Gasteiger partial charge in [-0.2, -0.15) is 0 Å². The van der Waals surface area contributed by atoms with Gasteiger partial charge in [-0.05, 0) is 46.5 Å². The average Bonchev–Trinajstić information content (AvgIpc) is 2.95. The van der Waals surface area contributed by atoms with E-state index in [1.165, 1.54) is 0 Å². The number of benzene rings is 4. The van der Waals surface area contributed by atoms with Gasteiger partial charge in [0.05, 0.1) is 11.1 Å². The molecule has 4 rings (SSSR count). The van der Waals surface area contributed by atoms with Crippen LogP contribution in [0.2, 0.25) is 0 Å². The zero-order chi connectivity index (χ0) is 25.3. The maximum atomic E-state index is 13.2. The molecule has 0 aliphatic carbocycles. The Morgan fingerprint density at radius 3 is 1.17 bits per heavy atom. The van der Waals surface area contributed by atoms with Crippen molar-refractivity contribution >= 4 is 24.1 Å². The summed E-state index contributed by atoms with van der Waals surface area (Å²) in [6.45, 7) is 7.49. The molecule has 2 atom stereocenters. The summed E-state index contributed by atoms with van der Waals surface area (Å²) >= 11 is 0. The first-order chi connectivity index (χ1) is 17.6. The molecule has 0 aliphatic rings. The fourth-order valence-electron chi connectivity index (χ4n) is 3.77. The normalized spacial score (nSPS) is 12.1. The van der Waals surface area contributed by atoms with Crippen LogP contribution < -0.4 is 0 Å². The summed E-state index contributed by atoms with van der Waals surface area (Å²) in [6, 6.07) is 32.5. The quantitative estimate of drug-likeness (QED) is 0.236. The molecule has 0 saturated carbocycles. The van der Waals surface area contributed by atoms with E-state index >= 15 is 0 Å². The minimum Gasteiger partial charge on any atom is -0.450 e. The largest absolute Gasteiger partial charge is 0.450 e. The van der Waals surface area contributed by atoms with Crippen molar-refractivity contribution in [3.63, 3.8) is 0 Å². The molecule has 0 bridgehead atoms. The Hall–Kier alpha value is -4.70. The number of esters is 2. The molecule has 4 aromatic carbocycles. The smallest absolute Gasteiger partial charge is 0.338 e. The summed E-state index contributed by atoms with van der Waals surface area (Å²) in [7, 11) is 0. The van der Waals surface area contributed by atoms with Gasteiger partial charge in [0, 0.05) is 0 Å². The van der Waals surface area contributed by atoms with E-state index in [1.807, 2.05) is 60.7 Å². The number of carbonyl (C=O) groups is 2. The molecule has 36 heavy (non-hydrogen) atoms. The van der Waals surface area contributed by atoms with Crippen molar-refractivity contribution in [3.05, 3.63) is 156 Å². The van der Waals surface area contributed by atoms with E-state index < -0.39 is 24.1 Å². The van der Waals surface area contributed by atoms with Gasteiger partial charge in [-0.3, -0.25) is 0 Å². The fraction of sp³-hybridized carbons (Fsp3) is 0.0625. The first-order valence-corrected chi connectivity index (χ1v) is 11.6. The van der Waals surface area contributed by atoms with Gasteiger partial charge in [0.2, 0.25) is 0 Å². The van der Waals surface area contributed by atoms with Crippen LogP contribution in [-0.4, -0.2) is 11.9 Å². The van der Waals surface area contributed by atoms with E-state index in [4.69, 9.17) is 9.47 Å². The second-order valence-corrected chi connectivity index (χ2v) is 8.13. The Morgan fingerprint density at radius 1 is 0.528 bits per heavy atom. The maximum absolute atomic E-state index is 13.2. The summed E-state index contributed by atoms with van der Waals surface area (Å²) in [6.07, 6.45) is 1.65. The highest BCUT2D eigenvalue weighted by Crippen LogP contribution is 2.36. The van der Waals surface area contributed by atoms with Crippen LogP contribution >= 0.6 is 0 Å². The Labute approximate surface area is 211 Å². The van der Waals surface area contributed by atoms with Crippen LogP contribution in [0, 0.1) is 0 Å². The molecule has 4 aromatic rings. The summed E-state index contributed by atoms with van der Waals surface area (Å²) in [5.41, 5.74) is 3.98. The lowest BCUT2D eigenvalue weighted by Gasteiger charge is -2.28. The van der Waals surface area contributed by atoms with Crippen LogP contribution in [0.25, 0.3) is 12.2 Å². The molecule has 4 nitrogen and oxygen atoms in total. The van der Waals surface area contributed by atoms with Gasteiger partial charge in [-0.15, -0.1) is 0 Å². The van der Waals surface area contributed by atoms with Gasteiger partial charge in [0.15, 0.2) is 12.2 Å². The average molecular weight is 475 g/mol. The third kappa shape index (κ3) is 5.86. The molecule has 0 aliphatic heterocycles. The monoisotopic (exact) mass is 474 g/mol. The molecule has 0 radical (unpaired) electrons. The van der Waals surface area contributed by atoms with Crippen molar-refractivity contribution in [1.82, 2.24) is 0 Å². The van der Waals surface area contributed by atoms with Gasteiger partial charge in [-0.25, -0.2) is 9.59 Å². The Bertz CT molecular complexity index is 1220. The lowest BCUT2D eigenvalue weighted by Crippen LogP contribution is -2.23. The molecule has 0 aromatic heterocycles. The Balaban J connectivity index is 1.70. The van der Waals surface area contributed by atoms with Crippen molar-refractivity contribution in [2.45, 2.75) is 12.2 Å². The van der Waals surface area contributed by atoms with Crippen molar-refractivity contribution in [2.75, 3.05) is 0 Å². The SMILES string of the molecule is C=Cc1ccc(C(=O)OC(c2ccccc2)C(OC(=O)c2ccc(C=C)cc2)c2ccccc2)cc1.